The molecule has 1 saturated carbocycles. The number of rotatable bonds is 4. The van der Waals surface area contributed by atoms with Gasteiger partial charge in [0.05, 0.1) is 0 Å². The second kappa shape index (κ2) is 6.68. The van der Waals surface area contributed by atoms with E-state index in [1.807, 2.05) is 0 Å². The quantitative estimate of drug-likeness (QED) is 0.839. The van der Waals surface area contributed by atoms with Gasteiger partial charge in [-0.25, -0.2) is 0 Å². The molecule has 0 saturated heterocycles. The van der Waals surface area contributed by atoms with Gasteiger partial charge in [-0.15, -0.1) is 0 Å². The second-order valence-electron chi connectivity index (χ2n) is 5.44. The first-order valence-corrected chi connectivity index (χ1v) is 7.53. The molecule has 7 nitrogen and oxygen atoms in total. The standard InChI is InChI=1S/C16H17NO6/c18-11-3-1-2-4-12(11)23-15(19)8-17-16(20)10-5-6-13-14(7-10)22-9-21-13/h5-7,12H,1-4,8-9H2,(H,17,20)/t12-/m0/s1. The van der Waals surface area contributed by atoms with Crippen molar-refractivity contribution in [2.75, 3.05) is 13.3 Å². The predicted molar refractivity (Wildman–Crippen MR) is 78.3 cm³/mol. The molecule has 1 atom stereocenters. The van der Waals surface area contributed by atoms with Crippen LogP contribution in [0, 0.1) is 0 Å². The van der Waals surface area contributed by atoms with E-state index in [2.05, 4.69) is 5.32 Å². The van der Waals surface area contributed by atoms with E-state index in [0.717, 1.165) is 12.8 Å². The van der Waals surface area contributed by atoms with E-state index < -0.39 is 18.0 Å². The molecule has 0 spiro atoms. The molecule has 2 aliphatic rings. The zero-order chi connectivity index (χ0) is 16.2. The molecule has 1 aromatic rings. The number of amides is 1. The number of Topliss-reactive ketones (excluding diaryl/α,β-unsaturated/α-hetero) is 1. The van der Waals surface area contributed by atoms with E-state index in [-0.39, 0.29) is 19.1 Å². The monoisotopic (exact) mass is 319 g/mol. The van der Waals surface area contributed by atoms with Crippen molar-refractivity contribution in [1.29, 1.82) is 0 Å². The number of carbonyl (C=O) groups is 3. The SMILES string of the molecule is O=C(CNC(=O)c1ccc2c(c1)OCO2)O[C@H]1CCCCC1=O. The van der Waals surface area contributed by atoms with Crippen molar-refractivity contribution in [1.82, 2.24) is 5.32 Å². The molecule has 1 heterocycles. The minimum Gasteiger partial charge on any atom is -0.454 e. The normalized spacial score (nSPS) is 19.3. The summed E-state index contributed by atoms with van der Waals surface area (Å²) in [6.07, 6.45) is 2.04. The van der Waals surface area contributed by atoms with Crippen molar-refractivity contribution in [2.45, 2.75) is 31.8 Å². The third kappa shape index (κ3) is 3.61. The molecule has 1 aliphatic heterocycles. The fourth-order valence-electron chi connectivity index (χ4n) is 2.57. The fraction of sp³-hybridized carbons (Fsp3) is 0.438. The lowest BCUT2D eigenvalue weighted by Gasteiger charge is -2.20. The van der Waals surface area contributed by atoms with E-state index in [1.54, 1.807) is 18.2 Å². The minimum atomic E-state index is -0.668. The molecule has 1 amide bonds. The summed E-state index contributed by atoms with van der Waals surface area (Å²) in [6.45, 7) is -0.154. The Hall–Kier alpha value is -2.57. The van der Waals surface area contributed by atoms with Gasteiger partial charge in [0, 0.05) is 12.0 Å². The summed E-state index contributed by atoms with van der Waals surface area (Å²) < 4.78 is 15.5. The summed E-state index contributed by atoms with van der Waals surface area (Å²) in [4.78, 5) is 35.4. The Labute approximate surface area is 132 Å². The molecule has 122 valence electrons. The number of ether oxygens (including phenoxy) is 3. The van der Waals surface area contributed by atoms with E-state index >= 15 is 0 Å². The lowest BCUT2D eigenvalue weighted by atomic mass is 9.96. The van der Waals surface area contributed by atoms with Crippen LogP contribution in [-0.4, -0.2) is 37.1 Å². The zero-order valence-electron chi connectivity index (χ0n) is 12.5. The molecule has 1 aliphatic carbocycles. The highest BCUT2D eigenvalue weighted by molar-refractivity contribution is 5.96. The van der Waals surface area contributed by atoms with Gasteiger partial charge in [0.1, 0.15) is 6.54 Å². The van der Waals surface area contributed by atoms with Gasteiger partial charge in [-0.3, -0.25) is 14.4 Å². The maximum atomic E-state index is 12.0. The number of hydrogen-bond donors (Lipinski definition) is 1. The number of benzene rings is 1. The van der Waals surface area contributed by atoms with Crippen LogP contribution in [0.25, 0.3) is 0 Å². The van der Waals surface area contributed by atoms with Crippen molar-refractivity contribution in [3.63, 3.8) is 0 Å². The number of hydrogen-bond acceptors (Lipinski definition) is 6. The first-order valence-electron chi connectivity index (χ1n) is 7.53. The second-order valence-corrected chi connectivity index (χ2v) is 5.44. The number of fused-ring (bicyclic) bond motifs is 1. The summed E-state index contributed by atoms with van der Waals surface area (Å²) >= 11 is 0. The zero-order valence-corrected chi connectivity index (χ0v) is 12.5. The van der Waals surface area contributed by atoms with E-state index in [9.17, 15) is 14.4 Å². The van der Waals surface area contributed by atoms with Crippen molar-refractivity contribution >= 4 is 17.7 Å². The molecular formula is C16H17NO6. The Morgan fingerprint density at radius 1 is 1.22 bits per heavy atom. The average Bonchev–Trinajstić information content (AvgIpc) is 3.02. The summed E-state index contributed by atoms with van der Waals surface area (Å²) in [6, 6.07) is 4.77. The Bertz CT molecular complexity index is 641. The highest BCUT2D eigenvalue weighted by Gasteiger charge is 2.26. The summed E-state index contributed by atoms with van der Waals surface area (Å²) in [5, 5.41) is 2.47. The van der Waals surface area contributed by atoms with Crippen LogP contribution < -0.4 is 14.8 Å². The molecule has 0 bridgehead atoms. The molecule has 1 N–H and O–H groups in total. The maximum Gasteiger partial charge on any atom is 0.326 e. The highest BCUT2D eigenvalue weighted by atomic mass is 16.7. The van der Waals surface area contributed by atoms with Crippen LogP contribution in [0.15, 0.2) is 18.2 Å². The largest absolute Gasteiger partial charge is 0.454 e. The van der Waals surface area contributed by atoms with Crippen molar-refractivity contribution in [2.24, 2.45) is 0 Å². The number of carbonyl (C=O) groups excluding carboxylic acids is 3. The Morgan fingerprint density at radius 2 is 2.04 bits per heavy atom. The van der Waals surface area contributed by atoms with Gasteiger partial charge >= 0.3 is 5.97 Å². The maximum absolute atomic E-state index is 12.0. The van der Waals surface area contributed by atoms with E-state index in [0.29, 0.717) is 29.9 Å². The third-order valence-electron chi connectivity index (χ3n) is 3.80. The van der Waals surface area contributed by atoms with E-state index in [1.165, 1.54) is 0 Å². The van der Waals surface area contributed by atoms with Crippen LogP contribution >= 0.6 is 0 Å². The van der Waals surface area contributed by atoms with Crippen LogP contribution in [0.5, 0.6) is 11.5 Å². The van der Waals surface area contributed by atoms with Crippen LogP contribution in [0.2, 0.25) is 0 Å². The first-order chi connectivity index (χ1) is 11.1. The summed E-state index contributed by atoms with van der Waals surface area (Å²) in [7, 11) is 0. The molecular weight excluding hydrogens is 302 g/mol. The fourth-order valence-corrected chi connectivity index (χ4v) is 2.57. The van der Waals surface area contributed by atoms with Crippen LogP contribution in [-0.2, 0) is 14.3 Å². The van der Waals surface area contributed by atoms with Gasteiger partial charge < -0.3 is 19.5 Å². The average molecular weight is 319 g/mol. The van der Waals surface area contributed by atoms with Gasteiger partial charge in [0.15, 0.2) is 23.4 Å². The number of nitrogens with one attached hydrogen (secondary N) is 1. The lowest BCUT2D eigenvalue weighted by molar-refractivity contribution is -0.155. The molecule has 23 heavy (non-hydrogen) atoms. The molecule has 7 heteroatoms. The molecule has 0 aromatic heterocycles. The van der Waals surface area contributed by atoms with Gasteiger partial charge in [0.25, 0.3) is 5.91 Å². The highest BCUT2D eigenvalue weighted by Crippen LogP contribution is 2.32. The van der Waals surface area contributed by atoms with Gasteiger partial charge in [0.2, 0.25) is 6.79 Å². The van der Waals surface area contributed by atoms with Gasteiger partial charge in [-0.1, -0.05) is 0 Å². The minimum absolute atomic E-state index is 0.0494. The van der Waals surface area contributed by atoms with Crippen molar-refractivity contribution in [3.05, 3.63) is 23.8 Å². The van der Waals surface area contributed by atoms with Crippen LogP contribution in [0.3, 0.4) is 0 Å². The molecule has 0 radical (unpaired) electrons. The summed E-state index contributed by atoms with van der Waals surface area (Å²) in [5.74, 6) is -0.00828. The van der Waals surface area contributed by atoms with Crippen molar-refractivity contribution < 1.29 is 28.6 Å². The Morgan fingerprint density at radius 3 is 2.87 bits per heavy atom. The molecule has 1 fully saturated rings. The Balaban J connectivity index is 1.50. The van der Waals surface area contributed by atoms with Gasteiger partial charge in [-0.2, -0.15) is 0 Å². The topological polar surface area (TPSA) is 90.9 Å². The van der Waals surface area contributed by atoms with Gasteiger partial charge in [-0.05, 0) is 37.5 Å². The number of esters is 1. The van der Waals surface area contributed by atoms with E-state index in [4.69, 9.17) is 14.2 Å². The molecule has 0 unspecified atom stereocenters. The lowest BCUT2D eigenvalue weighted by Crippen LogP contribution is -2.36. The van der Waals surface area contributed by atoms with Crippen molar-refractivity contribution in [3.8, 4) is 11.5 Å². The predicted octanol–water partition coefficient (Wildman–Crippen LogP) is 1.20. The Kier molecular flexibility index (Phi) is 4.45. The summed E-state index contributed by atoms with van der Waals surface area (Å²) in [5.41, 5.74) is 0.357. The van der Waals surface area contributed by atoms with Crippen LogP contribution in [0.1, 0.15) is 36.0 Å². The third-order valence-corrected chi connectivity index (χ3v) is 3.80. The smallest absolute Gasteiger partial charge is 0.326 e. The molecule has 1 aromatic carbocycles. The number of ketones is 1. The first kappa shape index (κ1) is 15.3. The molecule has 3 rings (SSSR count). The van der Waals surface area contributed by atoms with Crippen LogP contribution in [0.4, 0.5) is 0 Å².